The van der Waals surface area contributed by atoms with Crippen LogP contribution < -0.4 is 5.32 Å². The van der Waals surface area contributed by atoms with Crippen LogP contribution in [0.2, 0.25) is 0 Å². The zero-order chi connectivity index (χ0) is 24.1. The van der Waals surface area contributed by atoms with Gasteiger partial charge in [0.15, 0.2) is 0 Å². The van der Waals surface area contributed by atoms with Gasteiger partial charge in [0.05, 0.1) is 17.4 Å². The van der Waals surface area contributed by atoms with Crippen LogP contribution in [0, 0.1) is 0 Å². The minimum absolute atomic E-state index is 0.0180. The number of piperidine rings is 1. The number of halogens is 3. The van der Waals surface area contributed by atoms with Gasteiger partial charge < -0.3 is 10.3 Å². The van der Waals surface area contributed by atoms with Gasteiger partial charge in [0.2, 0.25) is 0 Å². The highest BCUT2D eigenvalue weighted by atomic mass is 19.4. The van der Waals surface area contributed by atoms with Crippen molar-refractivity contribution in [1.29, 1.82) is 0 Å². The third-order valence-corrected chi connectivity index (χ3v) is 6.69. The summed E-state index contributed by atoms with van der Waals surface area (Å²) in [6.45, 7) is 5.14. The second-order valence-corrected chi connectivity index (χ2v) is 9.27. The topological polar surface area (TPSA) is 44.0 Å². The Kier molecular flexibility index (Phi) is 7.61. The Morgan fingerprint density at radius 2 is 1.97 bits per heavy atom. The minimum Gasteiger partial charge on any atom is -0.382 e. The molecule has 2 N–H and O–H groups in total. The number of aromatic amines is 1. The highest BCUT2D eigenvalue weighted by Crippen LogP contribution is 2.35. The van der Waals surface area contributed by atoms with Gasteiger partial charge in [-0.25, -0.2) is 4.98 Å². The number of aromatic nitrogens is 2. The molecule has 0 spiro atoms. The highest BCUT2D eigenvalue weighted by molar-refractivity contribution is 5.65. The summed E-state index contributed by atoms with van der Waals surface area (Å²) < 4.78 is 39.8. The number of fused-ring (bicyclic) bond motifs is 1. The quantitative estimate of drug-likeness (QED) is 0.520. The van der Waals surface area contributed by atoms with Crippen molar-refractivity contribution >= 4 is 12.2 Å². The first-order chi connectivity index (χ1) is 16.3. The van der Waals surface area contributed by atoms with E-state index in [9.17, 15) is 13.2 Å². The number of H-pyrrole nitrogens is 1. The van der Waals surface area contributed by atoms with Gasteiger partial charge in [-0.2, -0.15) is 13.2 Å². The zero-order valence-corrected chi connectivity index (χ0v) is 19.7. The molecule has 34 heavy (non-hydrogen) atoms. The van der Waals surface area contributed by atoms with Crippen molar-refractivity contribution in [2.45, 2.75) is 63.2 Å². The van der Waals surface area contributed by atoms with Crippen LogP contribution in [0.15, 0.2) is 59.9 Å². The summed E-state index contributed by atoms with van der Waals surface area (Å²) >= 11 is 0. The molecule has 2 heterocycles. The van der Waals surface area contributed by atoms with E-state index in [-0.39, 0.29) is 18.5 Å². The second kappa shape index (κ2) is 10.6. The van der Waals surface area contributed by atoms with Crippen LogP contribution in [-0.4, -0.2) is 40.7 Å². The molecule has 1 fully saturated rings. The molecule has 2 aliphatic carbocycles. The van der Waals surface area contributed by atoms with Crippen molar-refractivity contribution in [3.63, 3.8) is 0 Å². The van der Waals surface area contributed by atoms with Gasteiger partial charge in [-0.1, -0.05) is 43.0 Å². The van der Waals surface area contributed by atoms with E-state index in [0.29, 0.717) is 17.2 Å². The Bertz CT molecular complexity index is 1040. The smallest absolute Gasteiger partial charge is 0.382 e. The van der Waals surface area contributed by atoms with Gasteiger partial charge in [0.1, 0.15) is 5.82 Å². The molecule has 1 aromatic heterocycles. The summed E-state index contributed by atoms with van der Waals surface area (Å²) in [5, 5.41) is 3.60. The van der Waals surface area contributed by atoms with Crippen molar-refractivity contribution in [2.75, 3.05) is 13.6 Å². The molecule has 0 saturated carbocycles. The predicted molar refractivity (Wildman–Crippen MR) is 132 cm³/mol. The van der Waals surface area contributed by atoms with Gasteiger partial charge in [-0.05, 0) is 69.7 Å². The molecule has 0 aromatic carbocycles. The Morgan fingerprint density at radius 1 is 1.18 bits per heavy atom. The Morgan fingerprint density at radius 3 is 2.76 bits per heavy atom. The third-order valence-electron chi connectivity index (χ3n) is 6.69. The lowest BCUT2D eigenvalue weighted by Gasteiger charge is -2.37. The van der Waals surface area contributed by atoms with E-state index < -0.39 is 11.7 Å². The first-order valence-electron chi connectivity index (χ1n) is 12.0. The summed E-state index contributed by atoms with van der Waals surface area (Å²) in [4.78, 5) is 10.1. The predicted octanol–water partition coefficient (Wildman–Crippen LogP) is 6.62. The van der Waals surface area contributed by atoms with Crippen molar-refractivity contribution in [2.24, 2.45) is 0 Å². The Hall–Kier alpha value is -2.80. The molecule has 2 atom stereocenters. The molecule has 4 nitrogen and oxygen atoms in total. The highest BCUT2D eigenvalue weighted by Gasteiger charge is 2.34. The van der Waals surface area contributed by atoms with Crippen LogP contribution in [0.25, 0.3) is 12.2 Å². The van der Waals surface area contributed by atoms with Gasteiger partial charge in [-0.15, -0.1) is 0 Å². The van der Waals surface area contributed by atoms with E-state index in [1.165, 1.54) is 25.0 Å². The maximum atomic E-state index is 13.3. The minimum atomic E-state index is -4.35. The number of nitrogens with zero attached hydrogens (tertiary/aromatic N) is 2. The summed E-state index contributed by atoms with van der Waals surface area (Å²) in [5.41, 5.74) is 2.39. The SMILES string of the molecule is C=C(NC1CCN(C)[C@@H](c2nc3c([nH]2)C=C(C(F)(F)F)CC=C3)C1)C1=C/C=C/CCCC\C=C\1. The Labute approximate surface area is 199 Å². The van der Waals surface area contributed by atoms with Gasteiger partial charge in [0, 0.05) is 23.9 Å². The molecular weight excluding hydrogens is 437 g/mol. The van der Waals surface area contributed by atoms with Gasteiger partial charge in [0.25, 0.3) is 0 Å². The van der Waals surface area contributed by atoms with Crippen LogP contribution in [-0.2, 0) is 0 Å². The molecule has 3 aliphatic rings. The lowest BCUT2D eigenvalue weighted by atomic mass is 9.96. The lowest BCUT2D eigenvalue weighted by Crippen LogP contribution is -2.42. The normalized spacial score (nSPS) is 27.5. The number of nitrogens with one attached hydrogen (secondary N) is 2. The first-order valence-corrected chi connectivity index (χ1v) is 12.0. The maximum absolute atomic E-state index is 13.3. The van der Waals surface area contributed by atoms with E-state index in [1.807, 2.05) is 7.05 Å². The zero-order valence-electron chi connectivity index (χ0n) is 19.7. The summed E-state index contributed by atoms with van der Waals surface area (Å²) in [6, 6.07) is 0.180. The van der Waals surface area contributed by atoms with Gasteiger partial charge >= 0.3 is 6.18 Å². The van der Waals surface area contributed by atoms with Crippen molar-refractivity contribution in [1.82, 2.24) is 20.2 Å². The fourth-order valence-electron chi connectivity index (χ4n) is 4.67. The summed E-state index contributed by atoms with van der Waals surface area (Å²) in [5.74, 6) is 0.703. The molecule has 4 rings (SSSR count). The summed E-state index contributed by atoms with van der Waals surface area (Å²) in [6.07, 6.45) is 17.0. The number of hydrogen-bond acceptors (Lipinski definition) is 3. The molecule has 0 amide bonds. The summed E-state index contributed by atoms with van der Waals surface area (Å²) in [7, 11) is 2.04. The number of allylic oxidation sites excluding steroid dienone is 7. The average Bonchev–Trinajstić information content (AvgIpc) is 3.08. The third kappa shape index (κ3) is 6.00. The number of imidazole rings is 1. The molecule has 182 valence electrons. The largest absolute Gasteiger partial charge is 0.413 e. The number of alkyl halides is 3. The number of likely N-dealkylation sites (tertiary alicyclic amines) is 1. The van der Waals surface area contributed by atoms with E-state index in [4.69, 9.17) is 0 Å². The fourth-order valence-corrected chi connectivity index (χ4v) is 4.67. The monoisotopic (exact) mass is 470 g/mol. The molecule has 0 bridgehead atoms. The molecule has 1 aromatic rings. The maximum Gasteiger partial charge on any atom is 0.413 e. The fraction of sp³-hybridized carbons (Fsp3) is 0.444. The van der Waals surface area contributed by atoms with E-state index in [0.717, 1.165) is 43.5 Å². The molecule has 1 saturated heterocycles. The van der Waals surface area contributed by atoms with Crippen molar-refractivity contribution in [3.05, 3.63) is 77.1 Å². The van der Waals surface area contributed by atoms with E-state index >= 15 is 0 Å². The first kappa shape index (κ1) is 24.3. The Balaban J connectivity index is 1.48. The van der Waals surface area contributed by atoms with E-state index in [1.54, 1.807) is 6.08 Å². The second-order valence-electron chi connectivity index (χ2n) is 9.27. The average molecular weight is 471 g/mol. The van der Waals surface area contributed by atoms with E-state index in [2.05, 4.69) is 57.1 Å². The van der Waals surface area contributed by atoms with Crippen LogP contribution in [0.1, 0.15) is 68.2 Å². The molecular formula is C27H33F3N4. The number of hydrogen-bond donors (Lipinski definition) is 2. The molecule has 0 radical (unpaired) electrons. The standard InChI is InChI=1S/C27H33F3N4/c1-19(20-11-8-6-4-3-5-7-9-12-20)31-22-15-16-34(2)25(18-22)26-32-23-14-10-13-21(27(28,29)30)17-24(23)33-26/h6,8-12,14,17,22,25,31H,1,3-5,7,13,15-16,18H2,2H3,(H,32,33)/b8-6+,12-9+,20-11+/t22?,25-/m1/s1. The molecule has 7 heteroatoms. The lowest BCUT2D eigenvalue weighted by molar-refractivity contribution is -0.0919. The van der Waals surface area contributed by atoms with Gasteiger partial charge in [-0.3, -0.25) is 4.90 Å². The molecule has 1 unspecified atom stereocenters. The molecule has 1 aliphatic heterocycles. The van der Waals surface area contributed by atoms with Crippen LogP contribution in [0.4, 0.5) is 13.2 Å². The van der Waals surface area contributed by atoms with Crippen LogP contribution >= 0.6 is 0 Å². The number of rotatable bonds is 4. The van der Waals surface area contributed by atoms with Crippen LogP contribution in [0.5, 0.6) is 0 Å². The van der Waals surface area contributed by atoms with Crippen molar-refractivity contribution in [3.8, 4) is 0 Å². The van der Waals surface area contributed by atoms with Crippen LogP contribution in [0.3, 0.4) is 0 Å². The van der Waals surface area contributed by atoms with Crippen molar-refractivity contribution < 1.29 is 13.2 Å².